The summed E-state index contributed by atoms with van der Waals surface area (Å²) in [5.74, 6) is -1.63. The van der Waals surface area contributed by atoms with Crippen molar-refractivity contribution in [2.24, 2.45) is 7.05 Å². The van der Waals surface area contributed by atoms with Gasteiger partial charge in [0.05, 0.1) is 12.4 Å². The second-order valence-corrected chi connectivity index (χ2v) is 3.10. The lowest BCUT2D eigenvalue weighted by atomic mass is 10.2. The third-order valence-electron chi connectivity index (χ3n) is 1.89. The van der Waals surface area contributed by atoms with Crippen molar-refractivity contribution in [2.45, 2.75) is 0 Å². The van der Waals surface area contributed by atoms with Crippen LogP contribution < -0.4 is 0 Å². The molecule has 7 heteroatoms. The Balaban J connectivity index is 2.55. The summed E-state index contributed by atoms with van der Waals surface area (Å²) in [5, 5.41) is 12.8. The highest BCUT2D eigenvalue weighted by Crippen LogP contribution is 2.17. The predicted octanol–water partition coefficient (Wildman–Crippen LogP) is 0.714. The van der Waals surface area contributed by atoms with Crippen LogP contribution in [0.3, 0.4) is 0 Å². The molecule has 0 aliphatic carbocycles. The first-order valence-electron chi connectivity index (χ1n) is 4.33. The van der Waals surface area contributed by atoms with Gasteiger partial charge in [0.25, 0.3) is 0 Å². The minimum absolute atomic E-state index is 0.0193. The van der Waals surface area contributed by atoms with E-state index in [0.717, 1.165) is 12.4 Å². The Morgan fingerprint density at radius 1 is 1.44 bits per heavy atom. The van der Waals surface area contributed by atoms with Crippen LogP contribution in [-0.4, -0.2) is 30.8 Å². The van der Waals surface area contributed by atoms with Crippen molar-refractivity contribution in [3.63, 3.8) is 0 Å². The van der Waals surface area contributed by atoms with E-state index in [1.165, 1.54) is 10.9 Å². The van der Waals surface area contributed by atoms with E-state index >= 15 is 0 Å². The molecule has 0 saturated heterocycles. The van der Waals surface area contributed by atoms with Crippen LogP contribution in [0.2, 0.25) is 0 Å². The largest absolute Gasteiger partial charge is 0.478 e. The van der Waals surface area contributed by atoms with Gasteiger partial charge in [-0.1, -0.05) is 0 Å². The number of aryl methyl sites for hydroxylation is 1. The lowest BCUT2D eigenvalue weighted by molar-refractivity contribution is 0.0697. The Morgan fingerprint density at radius 2 is 2.06 bits per heavy atom. The SMILES string of the molecule is Cn1cc(C(=O)O)c(-c2ncc(F)cn2)n1. The van der Waals surface area contributed by atoms with Gasteiger partial charge in [0, 0.05) is 13.2 Å². The van der Waals surface area contributed by atoms with Crippen molar-refractivity contribution in [2.75, 3.05) is 0 Å². The monoisotopic (exact) mass is 222 g/mol. The van der Waals surface area contributed by atoms with E-state index in [4.69, 9.17) is 5.11 Å². The summed E-state index contributed by atoms with van der Waals surface area (Å²) in [6.07, 6.45) is 3.26. The summed E-state index contributed by atoms with van der Waals surface area (Å²) in [6, 6.07) is 0. The molecule has 0 radical (unpaired) electrons. The fourth-order valence-corrected chi connectivity index (χ4v) is 1.24. The van der Waals surface area contributed by atoms with Crippen LogP contribution in [-0.2, 0) is 7.05 Å². The van der Waals surface area contributed by atoms with Gasteiger partial charge in [0.1, 0.15) is 11.3 Å². The van der Waals surface area contributed by atoms with Crippen LogP contribution >= 0.6 is 0 Å². The summed E-state index contributed by atoms with van der Waals surface area (Å²) >= 11 is 0. The van der Waals surface area contributed by atoms with Crippen molar-refractivity contribution in [3.8, 4) is 11.5 Å². The molecular formula is C9H7FN4O2. The topological polar surface area (TPSA) is 80.9 Å². The summed E-state index contributed by atoms with van der Waals surface area (Å²) < 4.78 is 13.9. The Hall–Kier alpha value is -2.31. The number of nitrogens with zero attached hydrogens (tertiary/aromatic N) is 4. The number of hydrogen-bond acceptors (Lipinski definition) is 4. The first-order chi connectivity index (χ1) is 7.58. The maximum absolute atomic E-state index is 12.6. The molecule has 16 heavy (non-hydrogen) atoms. The summed E-state index contributed by atoms with van der Waals surface area (Å²) in [4.78, 5) is 18.3. The number of aromatic carboxylic acids is 1. The lowest BCUT2D eigenvalue weighted by Gasteiger charge is -1.96. The average molecular weight is 222 g/mol. The molecule has 82 valence electrons. The van der Waals surface area contributed by atoms with Crippen molar-refractivity contribution in [3.05, 3.63) is 30.0 Å². The standard InChI is InChI=1S/C9H7FN4O2/c1-14-4-6(9(15)16)7(13-14)8-11-2-5(10)3-12-8/h2-4H,1H3,(H,15,16). The van der Waals surface area contributed by atoms with Gasteiger partial charge < -0.3 is 5.11 Å². The van der Waals surface area contributed by atoms with E-state index in [-0.39, 0.29) is 17.1 Å². The third-order valence-corrected chi connectivity index (χ3v) is 1.89. The van der Waals surface area contributed by atoms with E-state index in [1.54, 1.807) is 7.05 Å². The van der Waals surface area contributed by atoms with Crippen molar-refractivity contribution < 1.29 is 14.3 Å². The van der Waals surface area contributed by atoms with Gasteiger partial charge >= 0.3 is 5.97 Å². The maximum atomic E-state index is 12.6. The molecule has 2 rings (SSSR count). The fourth-order valence-electron chi connectivity index (χ4n) is 1.24. The number of carboxylic acid groups (broad SMARTS) is 1. The second kappa shape index (κ2) is 3.69. The number of halogens is 1. The molecule has 2 aromatic heterocycles. The molecule has 0 amide bonds. The Bertz CT molecular complexity index is 535. The van der Waals surface area contributed by atoms with Crippen molar-refractivity contribution in [1.29, 1.82) is 0 Å². The van der Waals surface area contributed by atoms with Gasteiger partial charge in [-0.3, -0.25) is 4.68 Å². The number of hydrogen-bond donors (Lipinski definition) is 1. The Kier molecular flexibility index (Phi) is 2.35. The molecule has 0 spiro atoms. The minimum atomic E-state index is -1.13. The molecule has 2 aromatic rings. The third kappa shape index (κ3) is 1.74. The van der Waals surface area contributed by atoms with Crippen LogP contribution in [0.15, 0.2) is 18.6 Å². The molecule has 0 aromatic carbocycles. The Labute approximate surface area is 89.4 Å². The van der Waals surface area contributed by atoms with Crippen LogP contribution in [0.5, 0.6) is 0 Å². The predicted molar refractivity (Wildman–Crippen MR) is 51.2 cm³/mol. The number of carboxylic acids is 1. The molecule has 1 N–H and O–H groups in total. The van der Waals surface area contributed by atoms with E-state index in [1.807, 2.05) is 0 Å². The average Bonchev–Trinajstić information content (AvgIpc) is 2.61. The molecular weight excluding hydrogens is 215 g/mol. The molecule has 0 atom stereocenters. The van der Waals surface area contributed by atoms with Crippen LogP contribution in [0.25, 0.3) is 11.5 Å². The maximum Gasteiger partial charge on any atom is 0.339 e. The number of carbonyl (C=O) groups is 1. The molecule has 0 fully saturated rings. The summed E-state index contributed by atoms with van der Waals surface area (Å²) in [6.45, 7) is 0. The van der Waals surface area contributed by atoms with Gasteiger partial charge in [-0.05, 0) is 0 Å². The van der Waals surface area contributed by atoms with Gasteiger partial charge in [0.2, 0.25) is 0 Å². The highest BCUT2D eigenvalue weighted by molar-refractivity contribution is 5.93. The smallest absolute Gasteiger partial charge is 0.339 e. The van der Waals surface area contributed by atoms with Crippen molar-refractivity contribution >= 4 is 5.97 Å². The summed E-state index contributed by atoms with van der Waals surface area (Å²) in [7, 11) is 1.58. The highest BCUT2D eigenvalue weighted by atomic mass is 19.1. The van der Waals surface area contributed by atoms with Crippen LogP contribution in [0, 0.1) is 5.82 Å². The highest BCUT2D eigenvalue weighted by Gasteiger charge is 2.18. The van der Waals surface area contributed by atoms with Crippen LogP contribution in [0.1, 0.15) is 10.4 Å². The first kappa shape index (κ1) is 10.2. The molecule has 0 aliphatic rings. The second-order valence-electron chi connectivity index (χ2n) is 3.10. The molecule has 6 nitrogen and oxygen atoms in total. The zero-order chi connectivity index (χ0) is 11.7. The first-order valence-corrected chi connectivity index (χ1v) is 4.33. The van der Waals surface area contributed by atoms with E-state index in [9.17, 15) is 9.18 Å². The normalized spacial score (nSPS) is 10.4. The molecule has 0 saturated carbocycles. The molecule has 0 aliphatic heterocycles. The lowest BCUT2D eigenvalue weighted by Crippen LogP contribution is -1.99. The van der Waals surface area contributed by atoms with E-state index in [0.29, 0.717) is 0 Å². The van der Waals surface area contributed by atoms with Crippen molar-refractivity contribution in [1.82, 2.24) is 19.7 Å². The van der Waals surface area contributed by atoms with Crippen LogP contribution in [0.4, 0.5) is 4.39 Å². The number of aromatic nitrogens is 4. The number of rotatable bonds is 2. The van der Waals surface area contributed by atoms with Gasteiger partial charge in [-0.15, -0.1) is 0 Å². The zero-order valence-electron chi connectivity index (χ0n) is 8.25. The van der Waals surface area contributed by atoms with E-state index in [2.05, 4.69) is 15.1 Å². The van der Waals surface area contributed by atoms with Gasteiger partial charge in [-0.2, -0.15) is 5.10 Å². The zero-order valence-corrected chi connectivity index (χ0v) is 8.25. The fraction of sp³-hybridized carbons (Fsp3) is 0.111. The quantitative estimate of drug-likeness (QED) is 0.809. The van der Waals surface area contributed by atoms with E-state index < -0.39 is 11.8 Å². The molecule has 0 bridgehead atoms. The molecule has 2 heterocycles. The van der Waals surface area contributed by atoms with Gasteiger partial charge in [0.15, 0.2) is 11.6 Å². The summed E-state index contributed by atoms with van der Waals surface area (Å²) in [5.41, 5.74) is 0.101. The van der Waals surface area contributed by atoms with Gasteiger partial charge in [-0.25, -0.2) is 19.2 Å². The Morgan fingerprint density at radius 3 is 2.62 bits per heavy atom. The minimum Gasteiger partial charge on any atom is -0.478 e. The molecule has 0 unspecified atom stereocenters.